The summed E-state index contributed by atoms with van der Waals surface area (Å²) in [6.45, 7) is 1.88. The van der Waals surface area contributed by atoms with E-state index in [9.17, 15) is 13.2 Å². The second kappa shape index (κ2) is 5.45. The first kappa shape index (κ1) is 13.2. The van der Waals surface area contributed by atoms with Gasteiger partial charge in [-0.1, -0.05) is 29.8 Å². The van der Waals surface area contributed by atoms with Gasteiger partial charge < -0.3 is 5.73 Å². The predicted molar refractivity (Wildman–Crippen MR) is 65.8 cm³/mol. The van der Waals surface area contributed by atoms with E-state index in [4.69, 9.17) is 5.73 Å². The topological polar surface area (TPSA) is 77.2 Å². The Morgan fingerprint density at radius 3 is 2.29 bits per heavy atom. The highest BCUT2D eigenvalue weighted by Gasteiger charge is 2.08. The molecule has 0 unspecified atom stereocenters. The number of aryl methyl sites for hydroxylation is 1. The Morgan fingerprint density at radius 1 is 1.18 bits per heavy atom. The summed E-state index contributed by atoms with van der Waals surface area (Å²) in [5.41, 5.74) is 5.85. The average molecular weight is 251 g/mol. The van der Waals surface area contributed by atoms with Gasteiger partial charge in [0.25, 0.3) is 0 Å². The van der Waals surface area contributed by atoms with E-state index in [1.165, 1.54) is 24.3 Å². The molecule has 0 atom stereocenters. The largest absolute Gasteiger partial charge is 0.366 e. The van der Waals surface area contributed by atoms with Crippen LogP contribution in [0.5, 0.6) is 0 Å². The van der Waals surface area contributed by atoms with Gasteiger partial charge in [0.2, 0.25) is 5.91 Å². The Hall–Kier alpha value is -1.88. The van der Waals surface area contributed by atoms with Crippen LogP contribution in [0.3, 0.4) is 0 Å². The molecule has 0 radical (unpaired) electrons. The first-order valence-electron chi connectivity index (χ1n) is 4.88. The number of nitrogens with two attached hydrogens (primary N) is 1. The smallest absolute Gasteiger partial charge is 0.241 e. The molecule has 90 valence electrons. The maximum absolute atomic E-state index is 11.8. The lowest BCUT2D eigenvalue weighted by molar-refractivity contribution is -0.113. The molecule has 0 aromatic heterocycles. The van der Waals surface area contributed by atoms with Crippen molar-refractivity contribution < 1.29 is 13.2 Å². The third kappa shape index (κ3) is 4.24. The zero-order valence-electron chi connectivity index (χ0n) is 9.33. The van der Waals surface area contributed by atoms with Crippen molar-refractivity contribution in [3.63, 3.8) is 0 Å². The van der Waals surface area contributed by atoms with E-state index in [-0.39, 0.29) is 4.90 Å². The molecule has 0 heterocycles. The molecule has 5 heteroatoms. The number of hydrogen-bond acceptors (Lipinski definition) is 3. The highest BCUT2D eigenvalue weighted by molar-refractivity contribution is 7.94. The molecule has 1 rings (SSSR count). The number of hydrogen-bond donors (Lipinski definition) is 1. The Bertz CT molecular complexity index is 554. The van der Waals surface area contributed by atoms with Crippen molar-refractivity contribution in [2.45, 2.75) is 11.8 Å². The van der Waals surface area contributed by atoms with Crippen LogP contribution >= 0.6 is 0 Å². The summed E-state index contributed by atoms with van der Waals surface area (Å²) in [4.78, 5) is 10.6. The van der Waals surface area contributed by atoms with Crippen LogP contribution in [0.2, 0.25) is 0 Å². The molecule has 1 amide bonds. The quantitative estimate of drug-likeness (QED) is 0.647. The molecule has 17 heavy (non-hydrogen) atoms. The fourth-order valence-corrected chi connectivity index (χ4v) is 2.08. The third-order valence-electron chi connectivity index (χ3n) is 1.98. The second-order valence-corrected chi connectivity index (χ2v) is 5.28. The van der Waals surface area contributed by atoms with E-state index < -0.39 is 15.7 Å². The van der Waals surface area contributed by atoms with E-state index in [0.717, 1.165) is 17.0 Å². The standard InChI is InChI=1S/C12H13NO3S/c1-10-5-7-11(8-6-10)17(15,16)9-3-2-4-12(13)14/h2-9H,1H3,(H2,13,14)/b4-2+,9-3+. The van der Waals surface area contributed by atoms with Gasteiger partial charge in [0.1, 0.15) is 0 Å². The maximum atomic E-state index is 11.8. The number of amides is 1. The van der Waals surface area contributed by atoms with Gasteiger partial charge in [-0.25, -0.2) is 8.42 Å². The fourth-order valence-electron chi connectivity index (χ4n) is 1.11. The number of allylic oxidation sites excluding steroid dienone is 2. The highest BCUT2D eigenvalue weighted by Crippen LogP contribution is 2.12. The number of carbonyl (C=O) groups excluding carboxylic acids is 1. The molecule has 0 saturated carbocycles. The Labute approximate surface area is 100 Å². The van der Waals surface area contributed by atoms with Gasteiger partial charge in [0, 0.05) is 11.5 Å². The molecule has 0 aliphatic rings. The minimum atomic E-state index is -3.46. The summed E-state index contributed by atoms with van der Waals surface area (Å²) in [7, 11) is -3.46. The van der Waals surface area contributed by atoms with Crippen LogP contribution in [0.1, 0.15) is 5.56 Å². The molecular formula is C12H13NO3S. The van der Waals surface area contributed by atoms with Crippen molar-refractivity contribution in [2.75, 3.05) is 0 Å². The molecule has 0 aliphatic heterocycles. The van der Waals surface area contributed by atoms with Gasteiger partial charge in [0.05, 0.1) is 4.90 Å². The third-order valence-corrected chi connectivity index (χ3v) is 3.42. The summed E-state index contributed by atoms with van der Waals surface area (Å²) in [5, 5.41) is 1.02. The van der Waals surface area contributed by atoms with Gasteiger partial charge in [-0.2, -0.15) is 0 Å². The van der Waals surface area contributed by atoms with E-state index in [0.29, 0.717) is 0 Å². The van der Waals surface area contributed by atoms with E-state index in [2.05, 4.69) is 0 Å². The molecule has 0 fully saturated rings. The molecule has 0 saturated heterocycles. The van der Waals surface area contributed by atoms with Gasteiger partial charge >= 0.3 is 0 Å². The van der Waals surface area contributed by atoms with Crippen LogP contribution < -0.4 is 5.73 Å². The van der Waals surface area contributed by atoms with Crippen molar-refractivity contribution in [3.05, 3.63) is 53.5 Å². The predicted octanol–water partition coefficient (Wildman–Crippen LogP) is 1.32. The van der Waals surface area contributed by atoms with Crippen molar-refractivity contribution in [1.82, 2.24) is 0 Å². The van der Waals surface area contributed by atoms with Crippen molar-refractivity contribution in [1.29, 1.82) is 0 Å². The summed E-state index contributed by atoms with van der Waals surface area (Å²) >= 11 is 0. The molecule has 0 spiro atoms. The van der Waals surface area contributed by atoms with Gasteiger partial charge in [-0.05, 0) is 19.1 Å². The minimum absolute atomic E-state index is 0.215. The molecule has 0 aliphatic carbocycles. The molecule has 0 bridgehead atoms. The van der Waals surface area contributed by atoms with Crippen molar-refractivity contribution >= 4 is 15.7 Å². The highest BCUT2D eigenvalue weighted by atomic mass is 32.2. The van der Waals surface area contributed by atoms with Crippen LogP contribution in [0.15, 0.2) is 52.8 Å². The summed E-state index contributed by atoms with van der Waals surface area (Å²) in [5.74, 6) is -0.623. The van der Waals surface area contributed by atoms with Gasteiger partial charge in [-0.3, -0.25) is 4.79 Å². The average Bonchev–Trinajstić information content (AvgIpc) is 2.25. The van der Waals surface area contributed by atoms with E-state index in [1.807, 2.05) is 6.92 Å². The molecular weight excluding hydrogens is 238 g/mol. The summed E-state index contributed by atoms with van der Waals surface area (Å²) in [6.07, 6.45) is 3.63. The Morgan fingerprint density at radius 2 is 1.76 bits per heavy atom. The van der Waals surface area contributed by atoms with Crippen LogP contribution in [-0.2, 0) is 14.6 Å². The first-order chi connectivity index (χ1) is 7.92. The number of rotatable bonds is 4. The molecule has 2 N–H and O–H groups in total. The normalized spacial score (nSPS) is 12.3. The molecule has 1 aromatic rings. The van der Waals surface area contributed by atoms with Crippen LogP contribution in [0.25, 0.3) is 0 Å². The van der Waals surface area contributed by atoms with Gasteiger partial charge in [0.15, 0.2) is 9.84 Å². The van der Waals surface area contributed by atoms with E-state index in [1.54, 1.807) is 12.1 Å². The second-order valence-electron chi connectivity index (χ2n) is 3.45. The van der Waals surface area contributed by atoms with E-state index >= 15 is 0 Å². The SMILES string of the molecule is Cc1ccc(S(=O)(=O)/C=C/C=C/C(N)=O)cc1. The molecule has 1 aromatic carbocycles. The zero-order chi connectivity index (χ0) is 12.9. The zero-order valence-corrected chi connectivity index (χ0v) is 10.1. The number of sulfone groups is 1. The van der Waals surface area contributed by atoms with Crippen molar-refractivity contribution in [2.24, 2.45) is 5.73 Å². The minimum Gasteiger partial charge on any atom is -0.366 e. The lowest BCUT2D eigenvalue weighted by Gasteiger charge is -1.98. The van der Waals surface area contributed by atoms with Gasteiger partial charge in [-0.15, -0.1) is 0 Å². The Kier molecular flexibility index (Phi) is 4.23. The molecule has 4 nitrogen and oxygen atoms in total. The van der Waals surface area contributed by atoms with Crippen LogP contribution in [0.4, 0.5) is 0 Å². The number of primary amides is 1. The first-order valence-corrected chi connectivity index (χ1v) is 6.42. The number of carbonyl (C=O) groups is 1. The van der Waals surface area contributed by atoms with Crippen LogP contribution in [-0.4, -0.2) is 14.3 Å². The Balaban J connectivity index is 2.89. The maximum Gasteiger partial charge on any atom is 0.241 e. The lowest BCUT2D eigenvalue weighted by Crippen LogP contribution is -2.05. The summed E-state index contributed by atoms with van der Waals surface area (Å²) in [6, 6.07) is 6.51. The monoisotopic (exact) mass is 251 g/mol. The lowest BCUT2D eigenvalue weighted by atomic mass is 10.2. The summed E-state index contributed by atoms with van der Waals surface area (Å²) < 4.78 is 23.5. The van der Waals surface area contributed by atoms with Crippen LogP contribution in [0, 0.1) is 6.92 Å². The van der Waals surface area contributed by atoms with Crippen molar-refractivity contribution in [3.8, 4) is 0 Å². The number of benzene rings is 1. The fraction of sp³-hybridized carbons (Fsp3) is 0.0833.